The average Bonchev–Trinajstić information content (AvgIpc) is 1.38. The molecule has 0 aliphatic heterocycles. The Hall–Kier alpha value is -12.4. The third-order valence-corrected chi connectivity index (χ3v) is 29.3. The molecule has 0 fully saturated rings. The minimum Gasteiger partial charge on any atom is -0.294 e. The summed E-state index contributed by atoms with van der Waals surface area (Å²) in [5.41, 5.74) is 16.4. The molecular formula is C94H67N3Si2. The molecule has 0 N–H and O–H groups in total. The van der Waals surface area contributed by atoms with Crippen molar-refractivity contribution in [3.05, 3.63) is 406 Å². The maximum Gasteiger partial charge on any atom is 0.179 e. The second-order valence-corrected chi connectivity index (χ2v) is 33.2. The van der Waals surface area contributed by atoms with Gasteiger partial charge in [0.25, 0.3) is 0 Å². The zero-order valence-electron chi connectivity index (χ0n) is 54.5. The zero-order chi connectivity index (χ0) is 66.0. The summed E-state index contributed by atoms with van der Waals surface area (Å²) in [6.45, 7) is 0. The van der Waals surface area contributed by atoms with Gasteiger partial charge >= 0.3 is 0 Å². The lowest BCUT2D eigenvalue weighted by molar-refractivity contribution is 1.05. The first-order valence-electron chi connectivity index (χ1n) is 34.0. The maximum atomic E-state index is 6.03. The van der Waals surface area contributed by atoms with E-state index in [1.165, 1.54) is 41.5 Å². The number of rotatable bonds is 16. The van der Waals surface area contributed by atoms with Crippen molar-refractivity contribution >= 4 is 79.4 Å². The Labute approximate surface area is 580 Å². The summed E-state index contributed by atoms with van der Waals surface area (Å²) in [7, 11) is -7.27. The Balaban J connectivity index is 1.06. The van der Waals surface area contributed by atoms with Crippen LogP contribution in [-0.4, -0.2) is 30.7 Å². The van der Waals surface area contributed by atoms with Gasteiger partial charge in [-0.15, -0.1) is 0 Å². The quantitative estimate of drug-likeness (QED) is 0.0713. The molecule has 0 spiro atoms. The van der Waals surface area contributed by atoms with Gasteiger partial charge in [0.2, 0.25) is 0 Å². The van der Waals surface area contributed by atoms with Crippen LogP contribution in [0.4, 0.5) is 0 Å². The molecule has 0 aliphatic rings. The molecule has 0 bridgehead atoms. The molecule has 17 rings (SSSR count). The molecule has 466 valence electrons. The Morgan fingerprint density at radius 2 is 0.455 bits per heavy atom. The van der Waals surface area contributed by atoms with Crippen molar-refractivity contribution in [1.82, 2.24) is 14.5 Å². The van der Waals surface area contributed by atoms with Crippen molar-refractivity contribution in [2.75, 3.05) is 0 Å². The van der Waals surface area contributed by atoms with Crippen LogP contribution in [0.3, 0.4) is 0 Å². The van der Waals surface area contributed by atoms with Crippen LogP contribution in [-0.2, 0) is 0 Å². The molecule has 0 atom stereocenters. The van der Waals surface area contributed by atoms with E-state index < -0.39 is 16.1 Å². The van der Waals surface area contributed by atoms with Crippen LogP contribution in [0.1, 0.15) is 0 Å². The van der Waals surface area contributed by atoms with Gasteiger partial charge in [-0.25, -0.2) is 9.97 Å². The molecular weight excluding hydrogens is 1230 g/mol. The van der Waals surface area contributed by atoms with E-state index in [9.17, 15) is 0 Å². The van der Waals surface area contributed by atoms with Crippen LogP contribution in [0.5, 0.6) is 0 Å². The van der Waals surface area contributed by atoms with Crippen LogP contribution in [0.15, 0.2) is 406 Å². The fourth-order valence-electron chi connectivity index (χ4n) is 15.3. The highest BCUT2D eigenvalue weighted by Gasteiger charge is 2.47. The molecule has 0 aliphatic carbocycles. The van der Waals surface area contributed by atoms with Crippen molar-refractivity contribution < 1.29 is 0 Å². The van der Waals surface area contributed by atoms with Gasteiger partial charge < -0.3 is 0 Å². The third-order valence-electron chi connectivity index (χ3n) is 19.9. The van der Waals surface area contributed by atoms with Crippen molar-refractivity contribution in [1.29, 1.82) is 0 Å². The van der Waals surface area contributed by atoms with Crippen LogP contribution < -0.4 is 41.5 Å². The van der Waals surface area contributed by atoms with Gasteiger partial charge in [0, 0.05) is 28.0 Å². The van der Waals surface area contributed by atoms with Gasteiger partial charge in [-0.3, -0.25) is 4.57 Å². The number of nitrogens with zero attached hydrogens (tertiary/aromatic N) is 3. The maximum absolute atomic E-state index is 6.03. The zero-order valence-corrected chi connectivity index (χ0v) is 56.5. The van der Waals surface area contributed by atoms with Gasteiger partial charge in [0.05, 0.1) is 16.7 Å². The van der Waals surface area contributed by atoms with Crippen LogP contribution in [0, 0.1) is 0 Å². The van der Waals surface area contributed by atoms with Gasteiger partial charge in [-0.05, 0) is 115 Å². The van der Waals surface area contributed by atoms with Crippen molar-refractivity contribution in [2.45, 2.75) is 0 Å². The summed E-state index contributed by atoms with van der Waals surface area (Å²) < 4.78 is 2.35. The topological polar surface area (TPSA) is 30.7 Å². The lowest BCUT2D eigenvalue weighted by Crippen LogP contribution is -2.78. The van der Waals surface area contributed by atoms with Gasteiger partial charge in [0.15, 0.2) is 22.0 Å². The summed E-state index contributed by atoms with van der Waals surface area (Å²) in [4.78, 5) is 12.0. The van der Waals surface area contributed by atoms with Crippen molar-refractivity contribution in [2.24, 2.45) is 0 Å². The molecule has 0 saturated carbocycles. The summed E-state index contributed by atoms with van der Waals surface area (Å²) >= 11 is 0. The molecule has 2 heterocycles. The normalized spacial score (nSPS) is 11.6. The van der Waals surface area contributed by atoms with Gasteiger partial charge in [-0.1, -0.05) is 382 Å². The lowest BCUT2D eigenvalue weighted by atomic mass is 10.0. The van der Waals surface area contributed by atoms with Gasteiger partial charge in [0.1, 0.15) is 5.82 Å². The minimum absolute atomic E-state index is 0.622. The van der Waals surface area contributed by atoms with Crippen LogP contribution in [0.25, 0.3) is 106 Å². The smallest absolute Gasteiger partial charge is 0.179 e. The number of fused-ring (bicyclic) bond motifs is 3. The van der Waals surface area contributed by atoms with E-state index in [1.807, 2.05) is 0 Å². The highest BCUT2D eigenvalue weighted by atomic mass is 28.3. The Bertz CT molecular complexity index is 5270. The van der Waals surface area contributed by atoms with Gasteiger partial charge in [-0.2, -0.15) is 0 Å². The first-order valence-corrected chi connectivity index (χ1v) is 38.0. The van der Waals surface area contributed by atoms with E-state index in [1.54, 1.807) is 0 Å². The number of aromatic nitrogens is 3. The second-order valence-electron chi connectivity index (χ2n) is 25.6. The number of para-hydroxylation sites is 2. The number of hydrogen-bond acceptors (Lipinski definition) is 2. The fraction of sp³-hybridized carbons (Fsp3) is 0. The Morgan fingerprint density at radius 1 is 0.182 bits per heavy atom. The first kappa shape index (κ1) is 60.3. The van der Waals surface area contributed by atoms with E-state index in [0.717, 1.165) is 100 Å². The van der Waals surface area contributed by atoms with Crippen LogP contribution in [0.2, 0.25) is 0 Å². The summed E-state index contributed by atoms with van der Waals surface area (Å²) in [5.74, 6) is 1.40. The van der Waals surface area contributed by atoms with Crippen LogP contribution >= 0.6 is 0 Å². The fourth-order valence-corrected chi connectivity index (χ4v) is 25.2. The van der Waals surface area contributed by atoms with E-state index >= 15 is 0 Å². The summed E-state index contributed by atoms with van der Waals surface area (Å²) in [6, 6.07) is 151. The molecule has 17 aromatic rings. The monoisotopic (exact) mass is 1290 g/mol. The molecule has 2 aromatic heterocycles. The highest BCUT2D eigenvalue weighted by Crippen LogP contribution is 2.36. The van der Waals surface area contributed by atoms with E-state index in [-0.39, 0.29) is 0 Å². The SMILES string of the molecule is c1ccc(-c2cccc(-c3cc(-n4c5ccccc5c5ccccc54)nc(-c4cc([Si](c5ccccc5)(c5cccc(-c6ccccc6)c5)c5cccc(-c6ccccc6)c5)cc([Si](c5ccccc5)(c5cccc(-c6ccccc6)c5)c5cccc(-c6ccccc6)c5)c4)n3)c2)cc1. The molecule has 0 amide bonds. The Morgan fingerprint density at radius 3 is 0.818 bits per heavy atom. The van der Waals surface area contributed by atoms with E-state index in [0.29, 0.717) is 5.82 Å². The highest BCUT2D eigenvalue weighted by molar-refractivity contribution is 7.22. The van der Waals surface area contributed by atoms with E-state index in [2.05, 4.69) is 411 Å². The summed E-state index contributed by atoms with van der Waals surface area (Å²) in [5, 5.41) is 12.3. The first-order chi connectivity index (χ1) is 49.1. The minimum atomic E-state index is -3.63. The van der Waals surface area contributed by atoms with E-state index in [4.69, 9.17) is 9.97 Å². The molecule has 0 unspecified atom stereocenters. The molecule has 5 heteroatoms. The Kier molecular flexibility index (Phi) is 16.0. The number of hydrogen-bond donors (Lipinski definition) is 0. The lowest BCUT2D eigenvalue weighted by Gasteiger charge is -2.39. The predicted molar refractivity (Wildman–Crippen MR) is 422 cm³/mol. The second kappa shape index (κ2) is 26.3. The molecule has 0 saturated heterocycles. The standard InChI is InChI=1S/C94H67N3Si2/c1-8-31-68(32-9-1)73-41-26-46-78(59-73)90-67-93(97-91-57-24-22-55-88(91)89-56-23-25-58-92(89)97)96-94(95-90)79-64-86(98(80-47-18-6-19-48-80,82-51-27-42-74(60-82)69-33-10-2-11-34-69)83-52-28-43-75(61-83)70-35-12-3-13-36-70)66-87(65-79)99(81-49-20-7-21-50-81,84-53-29-44-76(62-84)71-37-14-4-15-38-71)85-54-30-45-77(63-85)72-39-16-5-17-40-72/h1-67H. The van der Waals surface area contributed by atoms with Crippen molar-refractivity contribution in [3.63, 3.8) is 0 Å². The average molecular weight is 1290 g/mol. The van der Waals surface area contributed by atoms with Crippen molar-refractivity contribution in [3.8, 4) is 84.1 Å². The largest absolute Gasteiger partial charge is 0.294 e. The number of benzene rings is 15. The third kappa shape index (κ3) is 11.2. The predicted octanol–water partition coefficient (Wildman–Crippen LogP) is 18.0. The molecule has 99 heavy (non-hydrogen) atoms. The molecule has 3 nitrogen and oxygen atoms in total. The summed E-state index contributed by atoms with van der Waals surface area (Å²) in [6.07, 6.45) is 0. The molecule has 15 aromatic carbocycles. The molecule has 0 radical (unpaired) electrons.